The Morgan fingerprint density at radius 2 is 2.00 bits per heavy atom. The van der Waals surface area contributed by atoms with Crippen LogP contribution in [-0.4, -0.2) is 18.0 Å². The number of hydrogen-bond acceptors (Lipinski definition) is 2. The van der Waals surface area contributed by atoms with Gasteiger partial charge in [0.05, 0.1) is 6.07 Å². The molecule has 0 aromatic rings. The average molecular weight is 164 g/mol. The molecule has 0 atom stereocenters. The Morgan fingerprint density at radius 1 is 1.42 bits per heavy atom. The van der Waals surface area contributed by atoms with Gasteiger partial charge in [0.1, 0.15) is 0 Å². The third-order valence-corrected chi connectivity index (χ3v) is 1.63. The number of hydrogen-bond donors (Lipinski definition) is 0. The van der Waals surface area contributed by atoms with Gasteiger partial charge in [0.25, 0.3) is 0 Å². The van der Waals surface area contributed by atoms with Crippen molar-refractivity contribution in [2.75, 3.05) is 13.1 Å². The molecule has 0 aliphatic carbocycles. The Bertz CT molecular complexity index is 204. The van der Waals surface area contributed by atoms with Crippen molar-refractivity contribution in [1.82, 2.24) is 4.90 Å². The van der Waals surface area contributed by atoms with E-state index in [-0.39, 0.29) is 0 Å². The van der Waals surface area contributed by atoms with Crippen LogP contribution in [0, 0.1) is 11.3 Å². The molecule has 0 aliphatic heterocycles. The van der Waals surface area contributed by atoms with Crippen LogP contribution >= 0.6 is 0 Å². The van der Waals surface area contributed by atoms with Gasteiger partial charge in [0.15, 0.2) is 0 Å². The van der Waals surface area contributed by atoms with E-state index >= 15 is 0 Å². The van der Waals surface area contributed by atoms with Gasteiger partial charge >= 0.3 is 0 Å². The number of allylic oxidation sites excluding steroid dienone is 3. The Kier molecular flexibility index (Phi) is 5.81. The molecular weight excluding hydrogens is 148 g/mol. The number of rotatable bonds is 4. The predicted octanol–water partition coefficient (Wildman–Crippen LogP) is 2.31. The molecule has 0 saturated heterocycles. The minimum atomic E-state index is 0.735. The molecule has 0 rings (SSSR count). The van der Waals surface area contributed by atoms with Crippen LogP contribution in [0.25, 0.3) is 0 Å². The van der Waals surface area contributed by atoms with Crippen LogP contribution in [0.5, 0.6) is 0 Å². The lowest BCUT2D eigenvalue weighted by Crippen LogP contribution is -2.14. The maximum atomic E-state index is 8.45. The van der Waals surface area contributed by atoms with Gasteiger partial charge in [-0.2, -0.15) is 5.26 Å². The molecule has 0 amide bonds. The molecule has 2 heteroatoms. The van der Waals surface area contributed by atoms with Crippen molar-refractivity contribution >= 4 is 0 Å². The zero-order valence-electron chi connectivity index (χ0n) is 8.04. The molecule has 0 saturated carbocycles. The first-order valence-corrected chi connectivity index (χ1v) is 4.23. The van der Waals surface area contributed by atoms with Crippen LogP contribution in [0.1, 0.15) is 20.8 Å². The van der Waals surface area contributed by atoms with Gasteiger partial charge < -0.3 is 4.90 Å². The molecule has 0 aromatic heterocycles. The maximum Gasteiger partial charge on any atom is 0.0944 e. The summed E-state index contributed by atoms with van der Waals surface area (Å²) in [5.74, 6) is 0. The van der Waals surface area contributed by atoms with Gasteiger partial charge in [-0.15, -0.1) is 0 Å². The van der Waals surface area contributed by atoms with Crippen LogP contribution in [-0.2, 0) is 0 Å². The second-order valence-electron chi connectivity index (χ2n) is 2.52. The Hall–Kier alpha value is -1.23. The summed E-state index contributed by atoms with van der Waals surface area (Å²) in [6.45, 7) is 8.02. The summed E-state index contributed by atoms with van der Waals surface area (Å²) in [5.41, 5.74) is 0.735. The average Bonchev–Trinajstić information content (AvgIpc) is 2.12. The maximum absolute atomic E-state index is 8.45. The molecule has 66 valence electrons. The smallest absolute Gasteiger partial charge is 0.0944 e. The van der Waals surface area contributed by atoms with E-state index in [0.29, 0.717) is 0 Å². The van der Waals surface area contributed by atoms with E-state index in [1.807, 2.05) is 18.4 Å². The van der Waals surface area contributed by atoms with Crippen molar-refractivity contribution in [3.8, 4) is 6.07 Å². The summed E-state index contributed by atoms with van der Waals surface area (Å²) in [5, 5.41) is 8.45. The molecular formula is C10H16N2. The molecule has 0 radical (unpaired) electrons. The van der Waals surface area contributed by atoms with Gasteiger partial charge in [0, 0.05) is 18.7 Å². The SMILES string of the molecule is CCN(/C=C/C=C(\C)C#N)CC. The summed E-state index contributed by atoms with van der Waals surface area (Å²) >= 11 is 0. The highest BCUT2D eigenvalue weighted by atomic mass is 15.1. The minimum absolute atomic E-state index is 0.735. The highest BCUT2D eigenvalue weighted by molar-refractivity contribution is 5.22. The number of nitrogens with zero attached hydrogens (tertiary/aromatic N) is 2. The van der Waals surface area contributed by atoms with Crippen LogP contribution < -0.4 is 0 Å². The van der Waals surface area contributed by atoms with Gasteiger partial charge in [-0.3, -0.25) is 0 Å². The summed E-state index contributed by atoms with van der Waals surface area (Å²) < 4.78 is 0. The fourth-order valence-electron chi connectivity index (χ4n) is 0.781. The Balaban J connectivity index is 3.99. The predicted molar refractivity (Wildman–Crippen MR) is 51.4 cm³/mol. The van der Waals surface area contributed by atoms with Crippen LogP contribution in [0.2, 0.25) is 0 Å². The van der Waals surface area contributed by atoms with E-state index in [0.717, 1.165) is 18.7 Å². The van der Waals surface area contributed by atoms with Gasteiger partial charge in [-0.05, 0) is 39.1 Å². The van der Waals surface area contributed by atoms with E-state index < -0.39 is 0 Å². The van der Waals surface area contributed by atoms with E-state index in [2.05, 4.69) is 24.8 Å². The summed E-state index contributed by atoms with van der Waals surface area (Å²) in [6, 6.07) is 2.07. The molecule has 0 unspecified atom stereocenters. The summed E-state index contributed by atoms with van der Waals surface area (Å²) in [6.07, 6.45) is 5.73. The first-order chi connectivity index (χ1) is 5.74. The van der Waals surface area contributed by atoms with E-state index in [1.165, 1.54) is 0 Å². The highest BCUT2D eigenvalue weighted by Crippen LogP contribution is 1.92. The highest BCUT2D eigenvalue weighted by Gasteiger charge is 1.87. The lowest BCUT2D eigenvalue weighted by Gasteiger charge is -2.13. The quantitative estimate of drug-likeness (QED) is 0.471. The summed E-state index contributed by atoms with van der Waals surface area (Å²) in [7, 11) is 0. The van der Waals surface area contributed by atoms with Crippen molar-refractivity contribution in [2.45, 2.75) is 20.8 Å². The normalized spacial score (nSPS) is 11.7. The van der Waals surface area contributed by atoms with E-state index in [9.17, 15) is 0 Å². The van der Waals surface area contributed by atoms with E-state index in [4.69, 9.17) is 5.26 Å². The molecule has 2 nitrogen and oxygen atoms in total. The van der Waals surface area contributed by atoms with Gasteiger partial charge in [-0.25, -0.2) is 0 Å². The topological polar surface area (TPSA) is 27.0 Å². The molecule has 0 bridgehead atoms. The van der Waals surface area contributed by atoms with Crippen molar-refractivity contribution in [1.29, 1.82) is 5.26 Å². The lowest BCUT2D eigenvalue weighted by atomic mass is 10.3. The molecule has 0 fully saturated rings. The standard InChI is InChI=1S/C10H16N2/c1-4-12(5-2)8-6-7-10(3)9-11/h6-8H,4-5H2,1-3H3/b8-6+,10-7+. The first-order valence-electron chi connectivity index (χ1n) is 4.23. The Labute approximate surface area is 74.8 Å². The van der Waals surface area contributed by atoms with E-state index in [1.54, 1.807) is 6.92 Å². The molecule has 0 aromatic carbocycles. The minimum Gasteiger partial charge on any atom is -0.378 e. The van der Waals surface area contributed by atoms with Gasteiger partial charge in [-0.1, -0.05) is 0 Å². The lowest BCUT2D eigenvalue weighted by molar-refractivity contribution is 0.419. The molecule has 0 heterocycles. The first kappa shape index (κ1) is 10.8. The second-order valence-corrected chi connectivity index (χ2v) is 2.52. The van der Waals surface area contributed by atoms with Crippen molar-refractivity contribution < 1.29 is 0 Å². The van der Waals surface area contributed by atoms with Crippen molar-refractivity contribution in [3.05, 3.63) is 23.9 Å². The Morgan fingerprint density at radius 3 is 2.42 bits per heavy atom. The van der Waals surface area contributed by atoms with Crippen LogP contribution in [0.4, 0.5) is 0 Å². The largest absolute Gasteiger partial charge is 0.378 e. The third kappa shape index (κ3) is 4.56. The zero-order valence-corrected chi connectivity index (χ0v) is 8.04. The monoisotopic (exact) mass is 164 g/mol. The van der Waals surface area contributed by atoms with Crippen LogP contribution in [0.3, 0.4) is 0 Å². The molecule has 0 spiro atoms. The zero-order chi connectivity index (χ0) is 9.40. The number of nitriles is 1. The second kappa shape index (κ2) is 6.48. The van der Waals surface area contributed by atoms with Crippen molar-refractivity contribution in [3.63, 3.8) is 0 Å². The summed E-state index contributed by atoms with van der Waals surface area (Å²) in [4.78, 5) is 2.17. The fourth-order valence-corrected chi connectivity index (χ4v) is 0.781. The van der Waals surface area contributed by atoms with Crippen molar-refractivity contribution in [2.24, 2.45) is 0 Å². The van der Waals surface area contributed by atoms with Gasteiger partial charge in [0.2, 0.25) is 0 Å². The fraction of sp³-hybridized carbons (Fsp3) is 0.500. The van der Waals surface area contributed by atoms with Crippen LogP contribution in [0.15, 0.2) is 23.9 Å². The molecule has 0 N–H and O–H groups in total. The molecule has 0 aliphatic rings. The third-order valence-electron chi connectivity index (χ3n) is 1.63. The molecule has 12 heavy (non-hydrogen) atoms.